The molecular formula is C16H16F2N2O. The van der Waals surface area contributed by atoms with Crippen molar-refractivity contribution in [3.8, 4) is 0 Å². The third-order valence-corrected chi connectivity index (χ3v) is 3.03. The van der Waals surface area contributed by atoms with Crippen LogP contribution in [0.3, 0.4) is 0 Å². The van der Waals surface area contributed by atoms with Gasteiger partial charge in [-0.05, 0) is 29.8 Å². The number of anilines is 1. The molecule has 110 valence electrons. The first-order chi connectivity index (χ1) is 9.95. The number of carbonyl (C=O) groups is 1. The number of halogens is 2. The van der Waals surface area contributed by atoms with E-state index >= 15 is 0 Å². The highest BCUT2D eigenvalue weighted by Crippen LogP contribution is 2.12. The molecule has 0 aromatic heterocycles. The van der Waals surface area contributed by atoms with Crippen molar-refractivity contribution in [3.05, 3.63) is 65.2 Å². The van der Waals surface area contributed by atoms with Crippen molar-refractivity contribution in [3.63, 3.8) is 0 Å². The molecule has 0 aliphatic carbocycles. The lowest BCUT2D eigenvalue weighted by molar-refractivity contribution is 0.0950. The van der Waals surface area contributed by atoms with Gasteiger partial charge in [0.1, 0.15) is 11.6 Å². The molecule has 0 spiro atoms. The lowest BCUT2D eigenvalue weighted by Gasteiger charge is -2.13. The molecule has 0 saturated carbocycles. The number of nitrogens with one attached hydrogen (secondary N) is 1. The topological polar surface area (TPSA) is 32.3 Å². The van der Waals surface area contributed by atoms with Crippen molar-refractivity contribution in [1.82, 2.24) is 5.32 Å². The molecule has 1 N–H and O–H groups in total. The van der Waals surface area contributed by atoms with E-state index < -0.39 is 17.5 Å². The average Bonchev–Trinajstić information content (AvgIpc) is 2.44. The van der Waals surface area contributed by atoms with Gasteiger partial charge in [0.15, 0.2) is 0 Å². The van der Waals surface area contributed by atoms with Crippen LogP contribution in [-0.4, -0.2) is 20.0 Å². The van der Waals surface area contributed by atoms with Crippen molar-refractivity contribution < 1.29 is 13.6 Å². The maximum atomic E-state index is 13.0. The molecule has 0 unspecified atom stereocenters. The van der Waals surface area contributed by atoms with E-state index in [4.69, 9.17) is 0 Å². The number of hydrogen-bond donors (Lipinski definition) is 1. The Hall–Kier alpha value is -2.43. The summed E-state index contributed by atoms with van der Waals surface area (Å²) in [6, 6.07) is 10.4. The van der Waals surface area contributed by atoms with Gasteiger partial charge in [-0.1, -0.05) is 12.1 Å². The van der Waals surface area contributed by atoms with E-state index in [1.807, 2.05) is 43.3 Å². The van der Waals surface area contributed by atoms with Crippen LogP contribution in [0.4, 0.5) is 14.5 Å². The van der Waals surface area contributed by atoms with Gasteiger partial charge >= 0.3 is 0 Å². The summed E-state index contributed by atoms with van der Waals surface area (Å²) in [6.07, 6.45) is 0. The number of rotatable bonds is 4. The Balaban J connectivity index is 2.00. The van der Waals surface area contributed by atoms with Crippen molar-refractivity contribution in [1.29, 1.82) is 0 Å². The summed E-state index contributed by atoms with van der Waals surface area (Å²) in [5.74, 6) is -2.05. The second-order valence-electron chi connectivity index (χ2n) is 4.90. The maximum Gasteiger partial charge on any atom is 0.251 e. The Kier molecular flexibility index (Phi) is 4.52. The molecule has 2 aromatic carbocycles. The zero-order valence-electron chi connectivity index (χ0n) is 11.9. The molecule has 0 aliphatic heterocycles. The molecule has 0 atom stereocenters. The van der Waals surface area contributed by atoms with Crippen LogP contribution in [-0.2, 0) is 6.54 Å². The fraction of sp³-hybridized carbons (Fsp3) is 0.188. The van der Waals surface area contributed by atoms with Crippen molar-refractivity contribution in [2.75, 3.05) is 19.0 Å². The largest absolute Gasteiger partial charge is 0.378 e. The smallest absolute Gasteiger partial charge is 0.251 e. The molecule has 3 nitrogen and oxygen atoms in total. The van der Waals surface area contributed by atoms with E-state index in [1.165, 1.54) is 0 Å². The van der Waals surface area contributed by atoms with Gasteiger partial charge < -0.3 is 10.2 Å². The molecule has 0 aliphatic rings. The SMILES string of the molecule is CN(C)c1ccc(CNC(=O)c2cc(F)cc(F)c2)cc1. The molecule has 1 amide bonds. The summed E-state index contributed by atoms with van der Waals surface area (Å²) >= 11 is 0. The molecule has 0 heterocycles. The summed E-state index contributed by atoms with van der Waals surface area (Å²) in [5.41, 5.74) is 1.93. The van der Waals surface area contributed by atoms with E-state index in [2.05, 4.69) is 5.32 Å². The quantitative estimate of drug-likeness (QED) is 0.939. The summed E-state index contributed by atoms with van der Waals surface area (Å²) < 4.78 is 26.1. The molecule has 0 fully saturated rings. The molecule has 0 saturated heterocycles. The van der Waals surface area contributed by atoms with Gasteiger partial charge in [-0.15, -0.1) is 0 Å². The van der Waals surface area contributed by atoms with Crippen LogP contribution in [0.5, 0.6) is 0 Å². The van der Waals surface area contributed by atoms with Crippen molar-refractivity contribution in [2.24, 2.45) is 0 Å². The lowest BCUT2D eigenvalue weighted by Crippen LogP contribution is -2.23. The standard InChI is InChI=1S/C16H16F2N2O/c1-20(2)15-5-3-11(4-6-15)10-19-16(21)12-7-13(17)9-14(18)8-12/h3-9H,10H2,1-2H3,(H,19,21). The first-order valence-corrected chi connectivity index (χ1v) is 6.46. The van der Waals surface area contributed by atoms with Crippen LogP contribution >= 0.6 is 0 Å². The number of benzene rings is 2. The van der Waals surface area contributed by atoms with Crippen LogP contribution < -0.4 is 10.2 Å². The predicted octanol–water partition coefficient (Wildman–Crippen LogP) is 2.96. The summed E-state index contributed by atoms with van der Waals surface area (Å²) in [6.45, 7) is 0.296. The predicted molar refractivity (Wildman–Crippen MR) is 78.3 cm³/mol. The first kappa shape index (κ1) is 15.0. The number of nitrogens with zero attached hydrogens (tertiary/aromatic N) is 1. The van der Waals surface area contributed by atoms with Crippen LogP contribution in [0.1, 0.15) is 15.9 Å². The van der Waals surface area contributed by atoms with E-state index in [0.29, 0.717) is 6.54 Å². The molecule has 21 heavy (non-hydrogen) atoms. The lowest BCUT2D eigenvalue weighted by atomic mass is 10.1. The Morgan fingerprint density at radius 1 is 1.05 bits per heavy atom. The zero-order chi connectivity index (χ0) is 15.4. The Labute approximate surface area is 122 Å². The minimum Gasteiger partial charge on any atom is -0.378 e. The van der Waals surface area contributed by atoms with E-state index in [0.717, 1.165) is 29.4 Å². The van der Waals surface area contributed by atoms with Crippen molar-refractivity contribution >= 4 is 11.6 Å². The molecule has 2 aromatic rings. The second-order valence-corrected chi connectivity index (χ2v) is 4.90. The number of carbonyl (C=O) groups excluding carboxylic acids is 1. The Morgan fingerprint density at radius 2 is 1.62 bits per heavy atom. The second kappa shape index (κ2) is 6.35. The van der Waals surface area contributed by atoms with E-state index in [-0.39, 0.29) is 5.56 Å². The average molecular weight is 290 g/mol. The first-order valence-electron chi connectivity index (χ1n) is 6.46. The molecule has 2 rings (SSSR count). The van der Waals surface area contributed by atoms with Gasteiger partial charge in [0.2, 0.25) is 0 Å². The molecular weight excluding hydrogens is 274 g/mol. The van der Waals surface area contributed by atoms with Crippen LogP contribution in [0.15, 0.2) is 42.5 Å². The number of hydrogen-bond acceptors (Lipinski definition) is 2. The van der Waals surface area contributed by atoms with E-state index in [9.17, 15) is 13.6 Å². The van der Waals surface area contributed by atoms with Crippen molar-refractivity contribution in [2.45, 2.75) is 6.54 Å². The molecule has 5 heteroatoms. The normalized spacial score (nSPS) is 10.3. The highest BCUT2D eigenvalue weighted by Gasteiger charge is 2.09. The van der Waals surface area contributed by atoms with Gasteiger partial charge in [0.25, 0.3) is 5.91 Å². The van der Waals surface area contributed by atoms with Gasteiger partial charge in [0.05, 0.1) is 0 Å². The molecule has 0 bridgehead atoms. The van der Waals surface area contributed by atoms with Gasteiger partial charge in [0, 0.05) is 38.0 Å². The fourth-order valence-corrected chi connectivity index (χ4v) is 1.88. The summed E-state index contributed by atoms with van der Waals surface area (Å²) in [7, 11) is 3.88. The van der Waals surface area contributed by atoms with Gasteiger partial charge in [-0.25, -0.2) is 8.78 Å². The third-order valence-electron chi connectivity index (χ3n) is 3.03. The zero-order valence-corrected chi connectivity index (χ0v) is 11.9. The molecule has 0 radical (unpaired) electrons. The fourth-order valence-electron chi connectivity index (χ4n) is 1.88. The highest BCUT2D eigenvalue weighted by molar-refractivity contribution is 5.94. The summed E-state index contributed by atoms with van der Waals surface area (Å²) in [4.78, 5) is 13.8. The van der Waals surface area contributed by atoms with Crippen LogP contribution in [0.2, 0.25) is 0 Å². The van der Waals surface area contributed by atoms with Crippen LogP contribution in [0, 0.1) is 11.6 Å². The highest BCUT2D eigenvalue weighted by atomic mass is 19.1. The summed E-state index contributed by atoms with van der Waals surface area (Å²) in [5, 5.41) is 2.63. The maximum absolute atomic E-state index is 13.0. The number of amides is 1. The van der Waals surface area contributed by atoms with Gasteiger partial charge in [-0.3, -0.25) is 4.79 Å². The van der Waals surface area contributed by atoms with E-state index in [1.54, 1.807) is 0 Å². The third kappa shape index (κ3) is 4.02. The minimum atomic E-state index is -0.768. The monoisotopic (exact) mass is 290 g/mol. The minimum absolute atomic E-state index is 0.0302. The van der Waals surface area contributed by atoms with Crippen LogP contribution in [0.25, 0.3) is 0 Å². The Bertz CT molecular complexity index is 619. The Morgan fingerprint density at radius 3 is 2.14 bits per heavy atom. The van der Waals surface area contributed by atoms with Gasteiger partial charge in [-0.2, -0.15) is 0 Å².